The summed E-state index contributed by atoms with van der Waals surface area (Å²) >= 11 is 0. The van der Waals surface area contributed by atoms with Gasteiger partial charge in [-0.25, -0.2) is 4.79 Å². The molecule has 0 atom stereocenters. The number of hydrogen-bond acceptors (Lipinski definition) is 6. The molecule has 1 aliphatic heterocycles. The van der Waals surface area contributed by atoms with Gasteiger partial charge in [0.2, 0.25) is 5.75 Å². The van der Waals surface area contributed by atoms with Gasteiger partial charge in [-0.3, -0.25) is 4.79 Å². The number of carbonyl (C=O) groups is 2. The van der Waals surface area contributed by atoms with Gasteiger partial charge in [0, 0.05) is 17.3 Å². The van der Waals surface area contributed by atoms with Crippen LogP contribution in [0.4, 0.5) is 0 Å². The molecule has 7 nitrogen and oxygen atoms in total. The molecular weight excluding hydrogens is 386 g/mol. The van der Waals surface area contributed by atoms with E-state index in [1.165, 1.54) is 27.8 Å². The molecule has 0 N–H and O–H groups in total. The van der Waals surface area contributed by atoms with Crippen LogP contribution in [0.3, 0.4) is 0 Å². The first-order valence-corrected chi connectivity index (χ1v) is 10.1. The van der Waals surface area contributed by atoms with E-state index < -0.39 is 5.97 Å². The topological polar surface area (TPSA) is 74.3 Å². The molecule has 1 amide bonds. The fourth-order valence-corrected chi connectivity index (χ4v) is 4.37. The molecule has 1 fully saturated rings. The lowest BCUT2D eigenvalue weighted by molar-refractivity contribution is -0.136. The van der Waals surface area contributed by atoms with Crippen molar-refractivity contribution < 1.29 is 28.5 Å². The average molecular weight is 415 g/mol. The van der Waals surface area contributed by atoms with Crippen LogP contribution in [0, 0.1) is 0 Å². The quantitative estimate of drug-likeness (QED) is 0.521. The van der Waals surface area contributed by atoms with Crippen LogP contribution in [-0.2, 0) is 14.3 Å². The number of rotatable bonds is 6. The van der Waals surface area contributed by atoms with Gasteiger partial charge in [0.25, 0.3) is 5.91 Å². The molecule has 1 aromatic rings. The van der Waals surface area contributed by atoms with Crippen molar-refractivity contribution in [1.82, 2.24) is 4.90 Å². The van der Waals surface area contributed by atoms with Crippen molar-refractivity contribution in [1.29, 1.82) is 0 Å². The summed E-state index contributed by atoms with van der Waals surface area (Å²) in [6.07, 6.45) is 6.88. The molecule has 1 aliphatic carbocycles. The Kier molecular flexibility index (Phi) is 6.70. The molecule has 1 saturated carbocycles. The van der Waals surface area contributed by atoms with E-state index in [0.717, 1.165) is 25.7 Å². The van der Waals surface area contributed by atoms with E-state index in [0.29, 0.717) is 39.7 Å². The Hall–Kier alpha value is -2.96. The van der Waals surface area contributed by atoms with Crippen molar-refractivity contribution in [3.63, 3.8) is 0 Å². The van der Waals surface area contributed by atoms with Crippen molar-refractivity contribution in [2.24, 2.45) is 0 Å². The van der Waals surface area contributed by atoms with E-state index in [2.05, 4.69) is 0 Å². The van der Waals surface area contributed by atoms with Gasteiger partial charge in [-0.05, 0) is 38.0 Å². The molecule has 1 heterocycles. The summed E-state index contributed by atoms with van der Waals surface area (Å²) in [6, 6.07) is 3.61. The highest BCUT2D eigenvalue weighted by Gasteiger charge is 2.40. The van der Waals surface area contributed by atoms with Crippen LogP contribution in [0.5, 0.6) is 17.2 Å². The van der Waals surface area contributed by atoms with Crippen molar-refractivity contribution in [3.8, 4) is 17.2 Å². The number of hydrogen-bond donors (Lipinski definition) is 0. The number of methoxy groups -OCH3 is 4. The molecule has 0 radical (unpaired) electrons. The number of carbonyl (C=O) groups excluding carboxylic acids is 2. The van der Waals surface area contributed by atoms with Crippen molar-refractivity contribution in [2.75, 3.05) is 28.4 Å². The number of benzene rings is 1. The zero-order valence-corrected chi connectivity index (χ0v) is 18.2. The Morgan fingerprint density at radius 2 is 1.67 bits per heavy atom. The molecule has 3 rings (SSSR count). The Balaban J connectivity index is 2.13. The second kappa shape index (κ2) is 9.24. The Morgan fingerprint density at radius 3 is 2.23 bits per heavy atom. The maximum Gasteiger partial charge on any atom is 0.340 e. The lowest BCUT2D eigenvalue weighted by Crippen LogP contribution is -2.37. The third-order valence-corrected chi connectivity index (χ3v) is 5.81. The lowest BCUT2D eigenvalue weighted by atomic mass is 9.94. The zero-order valence-electron chi connectivity index (χ0n) is 18.2. The third kappa shape index (κ3) is 3.76. The summed E-state index contributed by atoms with van der Waals surface area (Å²) in [5, 5.41) is 0. The highest BCUT2D eigenvalue weighted by molar-refractivity contribution is 6.16. The number of nitrogens with zero attached hydrogens (tertiary/aromatic N) is 1. The van der Waals surface area contributed by atoms with Crippen LogP contribution in [-0.4, -0.2) is 51.3 Å². The Morgan fingerprint density at radius 1 is 1.00 bits per heavy atom. The minimum atomic E-state index is -0.523. The fraction of sp³-hybridized carbons (Fsp3) is 0.478. The van der Waals surface area contributed by atoms with Gasteiger partial charge in [0.05, 0.1) is 39.6 Å². The first-order chi connectivity index (χ1) is 14.5. The SMILES string of the molecule is COC(=O)C1=C(C)N(C2CCCCC2)C(=O)/C1=C\c1ccc(OC)c(OC)c1OC. The van der Waals surface area contributed by atoms with E-state index >= 15 is 0 Å². The summed E-state index contributed by atoms with van der Waals surface area (Å²) in [5.74, 6) is 0.652. The monoisotopic (exact) mass is 415 g/mol. The predicted octanol–water partition coefficient (Wildman–Crippen LogP) is 3.72. The largest absolute Gasteiger partial charge is 0.493 e. The van der Waals surface area contributed by atoms with Crippen LogP contribution < -0.4 is 14.2 Å². The summed E-state index contributed by atoms with van der Waals surface area (Å²) in [4.78, 5) is 27.8. The zero-order chi connectivity index (χ0) is 21.8. The highest BCUT2D eigenvalue weighted by Crippen LogP contribution is 2.43. The minimum absolute atomic E-state index is 0.101. The van der Waals surface area contributed by atoms with E-state index in [1.54, 1.807) is 30.2 Å². The standard InChI is InChI=1S/C23H29NO6/c1-14-19(23(26)30-5)17(22(25)24(14)16-9-7-6-8-10-16)13-15-11-12-18(27-2)21(29-4)20(15)28-3/h11-13,16H,6-10H2,1-5H3/b17-13-. The van der Waals surface area contributed by atoms with Gasteiger partial charge < -0.3 is 23.8 Å². The number of esters is 1. The normalized spacial score (nSPS) is 18.8. The van der Waals surface area contributed by atoms with Gasteiger partial charge in [-0.15, -0.1) is 0 Å². The van der Waals surface area contributed by atoms with Gasteiger partial charge in [-0.1, -0.05) is 19.3 Å². The molecule has 7 heteroatoms. The second-order valence-electron chi connectivity index (χ2n) is 7.40. The molecule has 0 saturated heterocycles. The maximum atomic E-state index is 13.4. The van der Waals surface area contributed by atoms with Crippen LogP contribution in [0.25, 0.3) is 6.08 Å². The third-order valence-electron chi connectivity index (χ3n) is 5.81. The van der Waals surface area contributed by atoms with E-state index in [4.69, 9.17) is 18.9 Å². The van der Waals surface area contributed by atoms with Crippen LogP contribution in [0.2, 0.25) is 0 Å². The number of allylic oxidation sites excluding steroid dienone is 1. The molecular formula is C23H29NO6. The summed E-state index contributed by atoms with van der Waals surface area (Å²) in [5.41, 5.74) is 1.85. The van der Waals surface area contributed by atoms with Crippen molar-refractivity contribution >= 4 is 18.0 Å². The lowest BCUT2D eigenvalue weighted by Gasteiger charge is -2.32. The first kappa shape index (κ1) is 21.7. The summed E-state index contributed by atoms with van der Waals surface area (Å²) < 4.78 is 21.3. The fourth-order valence-electron chi connectivity index (χ4n) is 4.37. The smallest absolute Gasteiger partial charge is 0.340 e. The molecule has 30 heavy (non-hydrogen) atoms. The summed E-state index contributed by atoms with van der Waals surface area (Å²) in [7, 11) is 5.91. The van der Waals surface area contributed by atoms with Crippen LogP contribution >= 0.6 is 0 Å². The van der Waals surface area contributed by atoms with Crippen molar-refractivity contribution in [2.45, 2.75) is 45.1 Å². The molecule has 2 aliphatic rings. The Labute approximate surface area is 177 Å². The first-order valence-electron chi connectivity index (χ1n) is 10.1. The minimum Gasteiger partial charge on any atom is -0.493 e. The number of amides is 1. The molecule has 0 bridgehead atoms. The van der Waals surface area contributed by atoms with Gasteiger partial charge in [-0.2, -0.15) is 0 Å². The predicted molar refractivity (Wildman–Crippen MR) is 113 cm³/mol. The molecule has 0 aromatic heterocycles. The number of ether oxygens (including phenoxy) is 4. The van der Waals surface area contributed by atoms with Crippen LogP contribution in [0.15, 0.2) is 29.0 Å². The van der Waals surface area contributed by atoms with Crippen molar-refractivity contribution in [3.05, 3.63) is 34.5 Å². The molecule has 0 spiro atoms. The highest BCUT2D eigenvalue weighted by atomic mass is 16.5. The average Bonchev–Trinajstić information content (AvgIpc) is 3.02. The van der Waals surface area contributed by atoms with E-state index in [1.807, 2.05) is 6.92 Å². The molecule has 0 unspecified atom stereocenters. The summed E-state index contributed by atoms with van der Waals surface area (Å²) in [6.45, 7) is 1.81. The maximum absolute atomic E-state index is 13.4. The second-order valence-corrected chi connectivity index (χ2v) is 7.40. The van der Waals surface area contributed by atoms with E-state index in [9.17, 15) is 9.59 Å². The Bertz CT molecular complexity index is 895. The van der Waals surface area contributed by atoms with Gasteiger partial charge in [0.15, 0.2) is 11.5 Å². The van der Waals surface area contributed by atoms with Gasteiger partial charge in [0.1, 0.15) is 0 Å². The van der Waals surface area contributed by atoms with Gasteiger partial charge >= 0.3 is 5.97 Å². The van der Waals surface area contributed by atoms with E-state index in [-0.39, 0.29) is 11.9 Å². The molecule has 1 aromatic carbocycles. The van der Waals surface area contributed by atoms with Crippen LogP contribution in [0.1, 0.15) is 44.6 Å². The molecule has 162 valence electrons.